The van der Waals surface area contributed by atoms with Crippen LogP contribution in [0.1, 0.15) is 52.9 Å². The van der Waals surface area contributed by atoms with E-state index >= 15 is 0 Å². The van der Waals surface area contributed by atoms with Gasteiger partial charge in [0.1, 0.15) is 6.54 Å². The van der Waals surface area contributed by atoms with E-state index in [9.17, 15) is 5.11 Å². The summed E-state index contributed by atoms with van der Waals surface area (Å²) >= 11 is 0. The van der Waals surface area contributed by atoms with Crippen LogP contribution in [0.2, 0.25) is 0 Å². The molecule has 1 N–H and O–H groups in total. The highest BCUT2D eigenvalue weighted by Crippen LogP contribution is 2.21. The van der Waals surface area contributed by atoms with Crippen LogP contribution in [0, 0.1) is 0 Å². The van der Waals surface area contributed by atoms with Gasteiger partial charge >= 0.3 is 0 Å². The smallest absolute Gasteiger partial charge is 0.200 e. The van der Waals surface area contributed by atoms with Crippen molar-refractivity contribution in [2.24, 2.45) is 4.99 Å². The highest BCUT2D eigenvalue weighted by Gasteiger charge is 2.39. The Balaban J connectivity index is 2.43. The fourth-order valence-electron chi connectivity index (χ4n) is 2.71. The Bertz CT molecular complexity index is 297. The standard InChI is InChI=1S/C15H29N2O/c1-4-6-7-8-9-10-11-15-16-12-13-17(15,5-2)14(3)18/h8-9,14,18H,4-7,10-13H2,1-3H3/q+1/b9-8+. The molecule has 1 heterocycles. The van der Waals surface area contributed by atoms with Crippen LogP contribution in [-0.2, 0) is 0 Å². The Morgan fingerprint density at radius 3 is 2.67 bits per heavy atom. The number of amidine groups is 1. The Labute approximate surface area is 112 Å². The second-order valence-electron chi connectivity index (χ2n) is 5.16. The maximum Gasteiger partial charge on any atom is 0.200 e. The fourth-order valence-corrected chi connectivity index (χ4v) is 2.71. The van der Waals surface area contributed by atoms with E-state index in [4.69, 9.17) is 0 Å². The van der Waals surface area contributed by atoms with Crippen LogP contribution in [0.5, 0.6) is 0 Å². The van der Waals surface area contributed by atoms with E-state index in [0.29, 0.717) is 4.48 Å². The molecule has 0 fully saturated rings. The molecule has 0 aromatic carbocycles. The number of likely N-dealkylation sites (N-methyl/N-ethyl adjacent to an activating group) is 1. The zero-order valence-corrected chi connectivity index (χ0v) is 12.2. The number of aliphatic hydroxyl groups excluding tert-OH is 1. The third kappa shape index (κ3) is 3.66. The molecule has 0 saturated heterocycles. The molecular formula is C15H29N2O+. The minimum Gasteiger partial charge on any atom is -0.345 e. The molecule has 1 aliphatic rings. The fraction of sp³-hybridized carbons (Fsp3) is 0.800. The molecule has 1 rings (SSSR count). The molecule has 18 heavy (non-hydrogen) atoms. The van der Waals surface area contributed by atoms with Crippen molar-refractivity contribution in [2.45, 2.75) is 59.1 Å². The number of unbranched alkanes of at least 4 members (excludes halogenated alkanes) is 2. The minimum absolute atomic E-state index is 0.333. The van der Waals surface area contributed by atoms with Crippen molar-refractivity contribution in [1.29, 1.82) is 0 Å². The van der Waals surface area contributed by atoms with E-state index in [1.54, 1.807) is 0 Å². The van der Waals surface area contributed by atoms with Gasteiger partial charge in [-0.15, -0.1) is 0 Å². The van der Waals surface area contributed by atoms with Gasteiger partial charge in [0.05, 0.1) is 13.1 Å². The summed E-state index contributed by atoms with van der Waals surface area (Å²) in [6, 6.07) is 0. The van der Waals surface area contributed by atoms with E-state index in [1.165, 1.54) is 25.1 Å². The van der Waals surface area contributed by atoms with Gasteiger partial charge in [0.25, 0.3) is 0 Å². The van der Waals surface area contributed by atoms with Crippen molar-refractivity contribution < 1.29 is 9.59 Å². The molecule has 0 aromatic rings. The molecule has 1 aliphatic heterocycles. The normalized spacial score (nSPS) is 25.7. The first kappa shape index (κ1) is 15.4. The van der Waals surface area contributed by atoms with E-state index in [2.05, 4.69) is 31.0 Å². The summed E-state index contributed by atoms with van der Waals surface area (Å²) in [5.41, 5.74) is 0. The Kier molecular flexibility index (Phi) is 6.58. The number of hydrogen-bond acceptors (Lipinski definition) is 2. The number of allylic oxidation sites excluding steroid dienone is 2. The molecular weight excluding hydrogens is 224 g/mol. The molecule has 3 heteroatoms. The van der Waals surface area contributed by atoms with Crippen LogP contribution < -0.4 is 0 Å². The monoisotopic (exact) mass is 253 g/mol. The van der Waals surface area contributed by atoms with E-state index < -0.39 is 0 Å². The second-order valence-corrected chi connectivity index (χ2v) is 5.16. The van der Waals surface area contributed by atoms with Gasteiger partial charge in [-0.1, -0.05) is 31.9 Å². The summed E-state index contributed by atoms with van der Waals surface area (Å²) in [4.78, 5) is 4.61. The lowest BCUT2D eigenvalue weighted by atomic mass is 10.2. The third-order valence-electron chi connectivity index (χ3n) is 4.01. The van der Waals surface area contributed by atoms with Crippen molar-refractivity contribution in [3.63, 3.8) is 0 Å². The molecule has 0 aromatic heterocycles. The van der Waals surface area contributed by atoms with E-state index in [1.807, 2.05) is 6.92 Å². The molecule has 0 amide bonds. The summed E-state index contributed by atoms with van der Waals surface area (Å²) in [6.07, 6.45) is 9.98. The predicted molar refractivity (Wildman–Crippen MR) is 77.6 cm³/mol. The average molecular weight is 253 g/mol. The number of aliphatic imine (C=N–C) groups is 1. The number of aliphatic hydroxyl groups is 1. The molecule has 104 valence electrons. The van der Waals surface area contributed by atoms with Gasteiger partial charge in [-0.25, -0.2) is 4.99 Å². The lowest BCUT2D eigenvalue weighted by Gasteiger charge is -2.36. The van der Waals surface area contributed by atoms with Gasteiger partial charge in [0.2, 0.25) is 5.84 Å². The highest BCUT2D eigenvalue weighted by atomic mass is 16.3. The molecule has 2 unspecified atom stereocenters. The molecule has 3 nitrogen and oxygen atoms in total. The zero-order chi connectivity index (χ0) is 13.4. The van der Waals surface area contributed by atoms with Crippen LogP contribution in [0.4, 0.5) is 0 Å². The minimum atomic E-state index is -0.333. The summed E-state index contributed by atoms with van der Waals surface area (Å²) in [5.74, 6) is 1.19. The van der Waals surface area contributed by atoms with Crippen LogP contribution >= 0.6 is 0 Å². The maximum absolute atomic E-state index is 10.0. The molecule has 2 atom stereocenters. The summed E-state index contributed by atoms with van der Waals surface area (Å²) in [5, 5.41) is 10.0. The van der Waals surface area contributed by atoms with Crippen LogP contribution in [0.15, 0.2) is 17.1 Å². The van der Waals surface area contributed by atoms with Gasteiger partial charge in [-0.3, -0.25) is 4.48 Å². The lowest BCUT2D eigenvalue weighted by Crippen LogP contribution is -2.56. The Hall–Kier alpha value is -0.670. The van der Waals surface area contributed by atoms with Crippen molar-refractivity contribution >= 4 is 5.84 Å². The second kappa shape index (κ2) is 7.70. The van der Waals surface area contributed by atoms with Crippen molar-refractivity contribution in [2.75, 3.05) is 19.6 Å². The van der Waals surface area contributed by atoms with Crippen molar-refractivity contribution in [3.05, 3.63) is 12.2 Å². The summed E-state index contributed by atoms with van der Waals surface area (Å²) in [7, 11) is 0. The van der Waals surface area contributed by atoms with Gasteiger partial charge < -0.3 is 5.11 Å². The number of hydrogen-bond donors (Lipinski definition) is 1. The van der Waals surface area contributed by atoms with Crippen molar-refractivity contribution in [1.82, 2.24) is 0 Å². The van der Waals surface area contributed by atoms with Gasteiger partial charge in [0, 0.05) is 13.3 Å². The quantitative estimate of drug-likeness (QED) is 0.402. The first-order valence-corrected chi connectivity index (χ1v) is 7.41. The first-order valence-electron chi connectivity index (χ1n) is 7.41. The van der Waals surface area contributed by atoms with E-state index in [0.717, 1.165) is 32.5 Å². The highest BCUT2D eigenvalue weighted by molar-refractivity contribution is 5.77. The van der Waals surface area contributed by atoms with Crippen LogP contribution in [0.3, 0.4) is 0 Å². The topological polar surface area (TPSA) is 32.6 Å². The molecule has 0 bridgehead atoms. The van der Waals surface area contributed by atoms with Crippen molar-refractivity contribution in [3.8, 4) is 0 Å². The Morgan fingerprint density at radius 2 is 2.06 bits per heavy atom. The van der Waals surface area contributed by atoms with Crippen LogP contribution in [-0.4, -0.2) is 41.3 Å². The third-order valence-corrected chi connectivity index (χ3v) is 4.01. The van der Waals surface area contributed by atoms with Crippen LogP contribution in [0.25, 0.3) is 0 Å². The number of rotatable bonds is 8. The molecule has 0 aliphatic carbocycles. The number of nitrogens with zero attached hydrogens (tertiary/aromatic N) is 2. The molecule has 0 saturated carbocycles. The number of quaternary nitrogens is 1. The first-order chi connectivity index (χ1) is 8.67. The lowest BCUT2D eigenvalue weighted by molar-refractivity contribution is -0.882. The molecule has 0 spiro atoms. The molecule has 0 radical (unpaired) electrons. The predicted octanol–water partition coefficient (Wildman–Crippen LogP) is 3.10. The Morgan fingerprint density at radius 1 is 1.33 bits per heavy atom. The largest absolute Gasteiger partial charge is 0.345 e. The summed E-state index contributed by atoms with van der Waals surface area (Å²) in [6.45, 7) is 9.02. The van der Waals surface area contributed by atoms with Gasteiger partial charge in [-0.05, 0) is 19.8 Å². The van der Waals surface area contributed by atoms with Gasteiger partial charge in [0.15, 0.2) is 6.23 Å². The van der Waals surface area contributed by atoms with Gasteiger partial charge in [-0.2, -0.15) is 0 Å². The SMILES string of the molecule is CCCC/C=C/CCC1=NCC[N+]1(CC)C(C)O. The summed E-state index contributed by atoms with van der Waals surface area (Å²) < 4.78 is 0.683. The average Bonchev–Trinajstić information content (AvgIpc) is 2.77. The maximum atomic E-state index is 10.0. The van der Waals surface area contributed by atoms with E-state index in [-0.39, 0.29) is 6.23 Å². The zero-order valence-electron chi connectivity index (χ0n) is 12.2.